The number of rotatable bonds is 1. The highest BCUT2D eigenvalue weighted by molar-refractivity contribution is 5.79. The lowest BCUT2D eigenvalue weighted by atomic mass is 9.44. The smallest absolute Gasteiger partial charge is 0.133 e. The molecule has 0 aromatic heterocycles. The molecule has 0 aliphatic heterocycles. The standard InChI is InChI=1S/C21H35NO/c1-13(23)17-8-9-18-16-7-5-14-4-6-15(22)12-21(14,3)19(16)10-11-20(17,18)2/h14-19H,4-12,22H2,1-3H3. The van der Waals surface area contributed by atoms with Gasteiger partial charge in [-0.2, -0.15) is 0 Å². The van der Waals surface area contributed by atoms with Crippen molar-refractivity contribution < 1.29 is 4.79 Å². The minimum atomic E-state index is 0.299. The maximum absolute atomic E-state index is 12.2. The largest absolute Gasteiger partial charge is 0.328 e. The van der Waals surface area contributed by atoms with Crippen LogP contribution in [0.4, 0.5) is 0 Å². The number of ketones is 1. The van der Waals surface area contributed by atoms with Crippen LogP contribution >= 0.6 is 0 Å². The van der Waals surface area contributed by atoms with E-state index in [0.29, 0.717) is 28.6 Å². The molecular formula is C21H35NO. The highest BCUT2D eigenvalue weighted by Gasteiger charge is 2.60. The quantitative estimate of drug-likeness (QED) is 0.770. The number of carbonyl (C=O) groups is 1. The van der Waals surface area contributed by atoms with Gasteiger partial charge in [0.1, 0.15) is 5.78 Å². The molecule has 8 atom stereocenters. The van der Waals surface area contributed by atoms with E-state index >= 15 is 0 Å². The Morgan fingerprint density at radius 1 is 0.913 bits per heavy atom. The van der Waals surface area contributed by atoms with Crippen molar-refractivity contribution in [2.45, 2.75) is 84.6 Å². The summed E-state index contributed by atoms with van der Waals surface area (Å²) < 4.78 is 0. The van der Waals surface area contributed by atoms with Gasteiger partial charge in [-0.05, 0) is 99.2 Å². The molecule has 4 saturated carbocycles. The molecule has 0 bridgehead atoms. The van der Waals surface area contributed by atoms with Crippen LogP contribution in [0.15, 0.2) is 0 Å². The van der Waals surface area contributed by atoms with Crippen LogP contribution in [-0.2, 0) is 4.79 Å². The van der Waals surface area contributed by atoms with Crippen molar-refractivity contribution in [3.8, 4) is 0 Å². The summed E-state index contributed by atoms with van der Waals surface area (Å²) in [7, 11) is 0. The maximum Gasteiger partial charge on any atom is 0.133 e. The Labute approximate surface area is 142 Å². The Kier molecular flexibility index (Phi) is 3.72. The molecule has 2 N–H and O–H groups in total. The zero-order valence-electron chi connectivity index (χ0n) is 15.3. The van der Waals surface area contributed by atoms with Crippen molar-refractivity contribution in [2.75, 3.05) is 0 Å². The van der Waals surface area contributed by atoms with E-state index in [4.69, 9.17) is 5.73 Å². The molecule has 130 valence electrons. The van der Waals surface area contributed by atoms with Gasteiger partial charge in [0.2, 0.25) is 0 Å². The second kappa shape index (κ2) is 5.31. The van der Waals surface area contributed by atoms with Gasteiger partial charge in [0.05, 0.1) is 0 Å². The summed E-state index contributed by atoms with van der Waals surface area (Å²) in [5.41, 5.74) is 7.18. The van der Waals surface area contributed by atoms with Crippen LogP contribution in [-0.4, -0.2) is 11.8 Å². The highest BCUT2D eigenvalue weighted by Crippen LogP contribution is 2.67. The van der Waals surface area contributed by atoms with Gasteiger partial charge in [0.25, 0.3) is 0 Å². The molecule has 2 heteroatoms. The van der Waals surface area contributed by atoms with Crippen molar-refractivity contribution in [2.24, 2.45) is 46.2 Å². The van der Waals surface area contributed by atoms with E-state index in [9.17, 15) is 4.79 Å². The van der Waals surface area contributed by atoms with E-state index < -0.39 is 0 Å². The fourth-order valence-electron chi connectivity index (χ4n) is 8.08. The molecule has 0 heterocycles. The lowest BCUT2D eigenvalue weighted by Crippen LogP contribution is -2.55. The molecule has 0 saturated heterocycles. The van der Waals surface area contributed by atoms with Gasteiger partial charge < -0.3 is 5.73 Å². The third-order valence-electron chi connectivity index (χ3n) is 9.14. The first kappa shape index (κ1) is 16.1. The van der Waals surface area contributed by atoms with Crippen LogP contribution in [0.1, 0.15) is 78.6 Å². The minimum Gasteiger partial charge on any atom is -0.328 e. The number of Topliss-reactive ketones (excluding diaryl/α,β-unsaturated/α-hetero) is 1. The van der Waals surface area contributed by atoms with Gasteiger partial charge in [0.15, 0.2) is 0 Å². The Hall–Kier alpha value is -0.370. The van der Waals surface area contributed by atoms with Crippen LogP contribution < -0.4 is 5.73 Å². The first-order chi connectivity index (χ1) is 10.9. The summed E-state index contributed by atoms with van der Waals surface area (Å²) >= 11 is 0. The molecule has 23 heavy (non-hydrogen) atoms. The SMILES string of the molecule is CC(=O)C1CCC2C3CCC4CCC(N)CC4(C)C3CCC12C. The van der Waals surface area contributed by atoms with Gasteiger partial charge in [-0.1, -0.05) is 13.8 Å². The lowest BCUT2D eigenvalue weighted by molar-refractivity contribution is -0.134. The molecule has 0 spiro atoms. The average molecular weight is 318 g/mol. The summed E-state index contributed by atoms with van der Waals surface area (Å²) in [4.78, 5) is 12.2. The number of fused-ring (bicyclic) bond motifs is 5. The van der Waals surface area contributed by atoms with Crippen molar-refractivity contribution in [3.63, 3.8) is 0 Å². The Balaban J connectivity index is 1.63. The first-order valence-corrected chi connectivity index (χ1v) is 10.1. The molecule has 0 radical (unpaired) electrons. The summed E-state index contributed by atoms with van der Waals surface area (Å²) in [5, 5.41) is 0. The molecule has 0 amide bonds. The summed E-state index contributed by atoms with van der Waals surface area (Å²) in [6.07, 6.45) is 11.8. The van der Waals surface area contributed by atoms with Crippen LogP contribution in [0, 0.1) is 40.4 Å². The summed E-state index contributed by atoms with van der Waals surface area (Å²) in [5.74, 6) is 4.24. The number of carbonyl (C=O) groups excluding carboxylic acids is 1. The zero-order valence-corrected chi connectivity index (χ0v) is 15.3. The van der Waals surface area contributed by atoms with E-state index in [1.165, 1.54) is 51.4 Å². The normalized spacial score (nSPS) is 55.7. The molecular weight excluding hydrogens is 282 g/mol. The van der Waals surface area contributed by atoms with Crippen molar-refractivity contribution in [3.05, 3.63) is 0 Å². The van der Waals surface area contributed by atoms with Gasteiger partial charge in [-0.3, -0.25) is 4.79 Å². The molecule has 0 aromatic carbocycles. The Bertz CT molecular complexity index is 502. The molecule has 4 rings (SSSR count). The third kappa shape index (κ3) is 2.19. The van der Waals surface area contributed by atoms with Gasteiger partial charge in [-0.15, -0.1) is 0 Å². The van der Waals surface area contributed by atoms with E-state index in [2.05, 4.69) is 13.8 Å². The van der Waals surface area contributed by atoms with E-state index in [1.54, 1.807) is 0 Å². The van der Waals surface area contributed by atoms with E-state index in [1.807, 2.05) is 6.92 Å². The van der Waals surface area contributed by atoms with Gasteiger partial charge in [0, 0.05) is 12.0 Å². The van der Waals surface area contributed by atoms with Crippen LogP contribution in [0.3, 0.4) is 0 Å². The average Bonchev–Trinajstić information content (AvgIpc) is 2.83. The van der Waals surface area contributed by atoms with Crippen LogP contribution in [0.5, 0.6) is 0 Å². The predicted molar refractivity (Wildman–Crippen MR) is 93.9 cm³/mol. The Morgan fingerprint density at radius 3 is 2.35 bits per heavy atom. The topological polar surface area (TPSA) is 43.1 Å². The number of hydrogen-bond donors (Lipinski definition) is 1. The van der Waals surface area contributed by atoms with E-state index in [0.717, 1.165) is 30.1 Å². The molecule has 4 fully saturated rings. The van der Waals surface area contributed by atoms with Crippen molar-refractivity contribution in [1.82, 2.24) is 0 Å². The molecule has 0 aromatic rings. The minimum absolute atomic E-state index is 0.299. The second-order valence-corrected chi connectivity index (χ2v) is 9.98. The first-order valence-electron chi connectivity index (χ1n) is 10.1. The molecule has 4 aliphatic carbocycles. The zero-order chi connectivity index (χ0) is 16.4. The molecule has 2 nitrogen and oxygen atoms in total. The van der Waals surface area contributed by atoms with Crippen molar-refractivity contribution in [1.29, 1.82) is 0 Å². The number of nitrogens with two attached hydrogens (primary N) is 1. The molecule has 4 aliphatic rings. The summed E-state index contributed by atoms with van der Waals surface area (Å²) in [6, 6.07) is 0.428. The monoisotopic (exact) mass is 317 g/mol. The maximum atomic E-state index is 12.2. The third-order valence-corrected chi connectivity index (χ3v) is 9.14. The lowest BCUT2D eigenvalue weighted by Gasteiger charge is -2.61. The fraction of sp³-hybridized carbons (Fsp3) is 0.952. The van der Waals surface area contributed by atoms with Gasteiger partial charge in [-0.25, -0.2) is 0 Å². The van der Waals surface area contributed by atoms with Gasteiger partial charge >= 0.3 is 0 Å². The van der Waals surface area contributed by atoms with Crippen LogP contribution in [0.2, 0.25) is 0 Å². The fourth-order valence-corrected chi connectivity index (χ4v) is 8.08. The predicted octanol–water partition coefficient (Wildman–Crippen LogP) is 4.56. The molecule has 8 unspecified atom stereocenters. The Morgan fingerprint density at radius 2 is 1.61 bits per heavy atom. The highest BCUT2D eigenvalue weighted by atomic mass is 16.1. The summed E-state index contributed by atoms with van der Waals surface area (Å²) in [6.45, 7) is 6.87. The van der Waals surface area contributed by atoms with Crippen LogP contribution in [0.25, 0.3) is 0 Å². The van der Waals surface area contributed by atoms with E-state index in [-0.39, 0.29) is 0 Å². The second-order valence-electron chi connectivity index (χ2n) is 9.98. The number of hydrogen-bond acceptors (Lipinski definition) is 2. The van der Waals surface area contributed by atoms with Crippen molar-refractivity contribution >= 4 is 5.78 Å².